The number of halogens is 2. The SMILES string of the molecule is BrCc1ccc(N2CCc3ccccc3C2)cc1Br. The molecule has 0 atom stereocenters. The summed E-state index contributed by atoms with van der Waals surface area (Å²) in [5, 5.41) is 0.886. The van der Waals surface area contributed by atoms with Crippen LogP contribution >= 0.6 is 31.9 Å². The van der Waals surface area contributed by atoms with Crippen LogP contribution in [0, 0.1) is 0 Å². The van der Waals surface area contributed by atoms with Crippen LogP contribution in [0.3, 0.4) is 0 Å². The largest absolute Gasteiger partial charge is 0.367 e. The molecular weight excluding hydrogens is 366 g/mol. The van der Waals surface area contributed by atoms with Crippen molar-refractivity contribution in [3.05, 3.63) is 63.6 Å². The van der Waals surface area contributed by atoms with Gasteiger partial charge in [0.05, 0.1) is 0 Å². The van der Waals surface area contributed by atoms with E-state index in [0.717, 1.165) is 24.8 Å². The zero-order valence-electron chi connectivity index (χ0n) is 10.6. The van der Waals surface area contributed by atoms with Gasteiger partial charge in [0, 0.05) is 28.6 Å². The van der Waals surface area contributed by atoms with Crippen LogP contribution in [0.15, 0.2) is 46.9 Å². The molecule has 19 heavy (non-hydrogen) atoms. The topological polar surface area (TPSA) is 3.24 Å². The fourth-order valence-electron chi connectivity index (χ4n) is 2.56. The third kappa shape index (κ3) is 2.72. The molecule has 0 spiro atoms. The van der Waals surface area contributed by atoms with Gasteiger partial charge in [-0.1, -0.05) is 62.2 Å². The molecule has 1 aliphatic heterocycles. The molecule has 0 amide bonds. The smallest absolute Gasteiger partial charge is 0.0432 e. The van der Waals surface area contributed by atoms with Crippen molar-refractivity contribution in [2.75, 3.05) is 11.4 Å². The number of hydrogen-bond donors (Lipinski definition) is 0. The molecule has 2 aromatic rings. The van der Waals surface area contributed by atoms with E-state index in [1.165, 1.54) is 26.9 Å². The molecule has 0 bridgehead atoms. The first-order valence-corrected chi connectivity index (χ1v) is 8.35. The Kier molecular flexibility index (Phi) is 3.94. The maximum Gasteiger partial charge on any atom is 0.0432 e. The first kappa shape index (κ1) is 13.2. The lowest BCUT2D eigenvalue weighted by molar-refractivity contribution is 0.731. The number of fused-ring (bicyclic) bond motifs is 1. The zero-order chi connectivity index (χ0) is 13.2. The van der Waals surface area contributed by atoms with Crippen molar-refractivity contribution in [2.45, 2.75) is 18.3 Å². The molecule has 0 unspecified atom stereocenters. The number of benzene rings is 2. The van der Waals surface area contributed by atoms with Crippen molar-refractivity contribution in [3.63, 3.8) is 0 Å². The van der Waals surface area contributed by atoms with Crippen LogP contribution in [0.25, 0.3) is 0 Å². The molecule has 2 aromatic carbocycles. The summed E-state index contributed by atoms with van der Waals surface area (Å²) >= 11 is 7.16. The molecule has 0 fully saturated rings. The van der Waals surface area contributed by atoms with Gasteiger partial charge in [-0.05, 0) is 35.2 Å². The molecule has 0 saturated carbocycles. The van der Waals surface area contributed by atoms with Gasteiger partial charge in [-0.3, -0.25) is 0 Å². The summed E-state index contributed by atoms with van der Waals surface area (Å²) in [7, 11) is 0. The van der Waals surface area contributed by atoms with E-state index in [9.17, 15) is 0 Å². The summed E-state index contributed by atoms with van der Waals surface area (Å²) in [5.41, 5.74) is 5.54. The fraction of sp³-hybridized carbons (Fsp3) is 0.250. The maximum absolute atomic E-state index is 3.65. The zero-order valence-corrected chi connectivity index (χ0v) is 13.7. The molecule has 1 aliphatic rings. The molecule has 0 aliphatic carbocycles. The number of rotatable bonds is 2. The molecule has 98 valence electrons. The Morgan fingerprint density at radius 3 is 2.58 bits per heavy atom. The lowest BCUT2D eigenvalue weighted by Gasteiger charge is -2.31. The summed E-state index contributed by atoms with van der Waals surface area (Å²) in [4.78, 5) is 2.45. The van der Waals surface area contributed by atoms with Crippen molar-refractivity contribution >= 4 is 37.5 Å². The van der Waals surface area contributed by atoms with Crippen molar-refractivity contribution in [2.24, 2.45) is 0 Å². The molecular formula is C16H15Br2N. The Morgan fingerprint density at radius 1 is 1.05 bits per heavy atom. The lowest BCUT2D eigenvalue weighted by Crippen LogP contribution is -2.30. The summed E-state index contributed by atoms with van der Waals surface area (Å²) in [5.74, 6) is 0. The van der Waals surface area contributed by atoms with Crippen LogP contribution in [0.4, 0.5) is 5.69 Å². The maximum atomic E-state index is 3.65. The monoisotopic (exact) mass is 379 g/mol. The third-order valence-electron chi connectivity index (χ3n) is 3.68. The Bertz CT molecular complexity index is 595. The van der Waals surface area contributed by atoms with Gasteiger partial charge in [0.1, 0.15) is 0 Å². The minimum atomic E-state index is 0.886. The molecule has 3 heteroatoms. The van der Waals surface area contributed by atoms with Crippen molar-refractivity contribution in [1.29, 1.82) is 0 Å². The van der Waals surface area contributed by atoms with Gasteiger partial charge in [0.15, 0.2) is 0 Å². The Morgan fingerprint density at radius 2 is 1.84 bits per heavy atom. The van der Waals surface area contributed by atoms with Gasteiger partial charge < -0.3 is 4.90 Å². The predicted molar refractivity (Wildman–Crippen MR) is 88.0 cm³/mol. The predicted octanol–water partition coefficient (Wildman–Crippen LogP) is 4.91. The van der Waals surface area contributed by atoms with Gasteiger partial charge >= 0.3 is 0 Å². The second-order valence-electron chi connectivity index (χ2n) is 4.85. The number of hydrogen-bond acceptors (Lipinski definition) is 1. The van der Waals surface area contributed by atoms with Crippen molar-refractivity contribution in [1.82, 2.24) is 0 Å². The summed E-state index contributed by atoms with van der Waals surface area (Å²) < 4.78 is 1.18. The van der Waals surface area contributed by atoms with Crippen LogP contribution in [0.2, 0.25) is 0 Å². The normalized spacial score (nSPS) is 14.3. The number of anilines is 1. The second-order valence-corrected chi connectivity index (χ2v) is 6.26. The van der Waals surface area contributed by atoms with Crippen LogP contribution in [-0.2, 0) is 18.3 Å². The molecule has 0 aromatic heterocycles. The number of nitrogens with zero attached hydrogens (tertiary/aromatic N) is 1. The quantitative estimate of drug-likeness (QED) is 0.669. The summed E-state index contributed by atoms with van der Waals surface area (Å²) in [6.07, 6.45) is 1.13. The highest BCUT2D eigenvalue weighted by atomic mass is 79.9. The summed E-state index contributed by atoms with van der Waals surface area (Å²) in [6, 6.07) is 15.4. The van der Waals surface area contributed by atoms with E-state index < -0.39 is 0 Å². The van der Waals surface area contributed by atoms with Gasteiger partial charge in [-0.2, -0.15) is 0 Å². The Labute approximate surface area is 130 Å². The first-order valence-electron chi connectivity index (χ1n) is 6.44. The third-order valence-corrected chi connectivity index (χ3v) is 5.02. The highest BCUT2D eigenvalue weighted by molar-refractivity contribution is 9.10. The van der Waals surface area contributed by atoms with E-state index in [0.29, 0.717) is 0 Å². The van der Waals surface area contributed by atoms with Gasteiger partial charge in [0.2, 0.25) is 0 Å². The standard InChI is InChI=1S/C16H15Br2N/c17-10-13-5-6-15(9-16(13)18)19-8-7-12-3-1-2-4-14(12)11-19/h1-6,9H,7-8,10-11H2. The van der Waals surface area contributed by atoms with Crippen LogP contribution < -0.4 is 4.90 Å². The van der Waals surface area contributed by atoms with E-state index in [2.05, 4.69) is 79.2 Å². The molecule has 1 nitrogen and oxygen atoms in total. The fourth-order valence-corrected chi connectivity index (χ4v) is 3.93. The molecule has 0 saturated heterocycles. The average Bonchev–Trinajstić information content (AvgIpc) is 2.46. The minimum absolute atomic E-state index is 0.886. The molecule has 0 radical (unpaired) electrons. The highest BCUT2D eigenvalue weighted by Crippen LogP contribution is 2.29. The summed E-state index contributed by atoms with van der Waals surface area (Å²) in [6.45, 7) is 2.10. The Hall–Kier alpha value is -0.800. The van der Waals surface area contributed by atoms with Crippen LogP contribution in [0.1, 0.15) is 16.7 Å². The second kappa shape index (κ2) is 5.68. The van der Waals surface area contributed by atoms with Gasteiger partial charge in [-0.25, -0.2) is 0 Å². The van der Waals surface area contributed by atoms with Crippen LogP contribution in [0.5, 0.6) is 0 Å². The van der Waals surface area contributed by atoms with Gasteiger partial charge in [-0.15, -0.1) is 0 Å². The average molecular weight is 381 g/mol. The van der Waals surface area contributed by atoms with E-state index in [-0.39, 0.29) is 0 Å². The first-order chi connectivity index (χ1) is 9.28. The van der Waals surface area contributed by atoms with E-state index in [1.807, 2.05) is 0 Å². The minimum Gasteiger partial charge on any atom is -0.367 e. The van der Waals surface area contributed by atoms with E-state index >= 15 is 0 Å². The molecule has 0 N–H and O–H groups in total. The van der Waals surface area contributed by atoms with E-state index in [1.54, 1.807) is 0 Å². The van der Waals surface area contributed by atoms with E-state index in [4.69, 9.17) is 0 Å². The van der Waals surface area contributed by atoms with Gasteiger partial charge in [0.25, 0.3) is 0 Å². The lowest BCUT2D eigenvalue weighted by atomic mass is 9.99. The van der Waals surface area contributed by atoms with Crippen molar-refractivity contribution < 1.29 is 0 Å². The molecule has 1 heterocycles. The van der Waals surface area contributed by atoms with Crippen LogP contribution in [-0.4, -0.2) is 6.54 Å². The number of alkyl halides is 1. The molecule has 3 rings (SSSR count). The van der Waals surface area contributed by atoms with Crippen molar-refractivity contribution in [3.8, 4) is 0 Å². The Balaban J connectivity index is 1.87. The highest BCUT2D eigenvalue weighted by Gasteiger charge is 2.16.